The molecular weight excluding hydrogens is 220 g/mol. The van der Waals surface area contributed by atoms with E-state index in [2.05, 4.69) is 39.6 Å². The molecule has 0 spiro atoms. The summed E-state index contributed by atoms with van der Waals surface area (Å²) in [4.78, 5) is 2.57. The Morgan fingerprint density at radius 3 is 2.17 bits per heavy atom. The Hall–Kier alpha value is -0.0800. The summed E-state index contributed by atoms with van der Waals surface area (Å²) in [6.07, 6.45) is 6.57. The number of hydrogen-bond donors (Lipinski definition) is 1. The third-order valence-corrected chi connectivity index (χ3v) is 5.38. The van der Waals surface area contributed by atoms with Gasteiger partial charge in [0.1, 0.15) is 0 Å². The maximum absolute atomic E-state index is 6.14. The Labute approximate surface area is 114 Å². The molecule has 1 saturated carbocycles. The molecule has 0 amide bonds. The molecule has 0 bridgehead atoms. The summed E-state index contributed by atoms with van der Waals surface area (Å²) in [7, 11) is 2.29. The van der Waals surface area contributed by atoms with Crippen molar-refractivity contribution in [2.45, 2.75) is 65.3 Å². The van der Waals surface area contributed by atoms with Crippen LogP contribution in [0.3, 0.4) is 0 Å². The lowest BCUT2D eigenvalue weighted by atomic mass is 9.72. The minimum absolute atomic E-state index is 0.287. The van der Waals surface area contributed by atoms with Crippen molar-refractivity contribution in [3.05, 3.63) is 0 Å². The lowest BCUT2D eigenvalue weighted by Crippen LogP contribution is -2.55. The lowest BCUT2D eigenvalue weighted by molar-refractivity contribution is 0.0453. The SMILES string of the molecule is CCC(C)CN(C)C1(CN)CCC(C(C)C)CC1. The van der Waals surface area contributed by atoms with E-state index in [9.17, 15) is 0 Å². The van der Waals surface area contributed by atoms with Crippen molar-refractivity contribution in [1.82, 2.24) is 4.90 Å². The zero-order chi connectivity index (χ0) is 13.8. The van der Waals surface area contributed by atoms with Gasteiger partial charge in [-0.25, -0.2) is 0 Å². The van der Waals surface area contributed by atoms with Crippen molar-refractivity contribution in [2.75, 3.05) is 20.1 Å². The molecule has 1 atom stereocenters. The molecule has 0 radical (unpaired) electrons. The minimum atomic E-state index is 0.287. The van der Waals surface area contributed by atoms with Crippen molar-refractivity contribution in [3.8, 4) is 0 Å². The van der Waals surface area contributed by atoms with Crippen LogP contribution >= 0.6 is 0 Å². The van der Waals surface area contributed by atoms with Crippen molar-refractivity contribution >= 4 is 0 Å². The number of nitrogens with zero attached hydrogens (tertiary/aromatic N) is 1. The molecule has 0 aromatic rings. The van der Waals surface area contributed by atoms with Gasteiger partial charge in [0, 0.05) is 18.6 Å². The Kier molecular flexibility index (Phi) is 6.13. The van der Waals surface area contributed by atoms with Crippen LogP contribution in [0.1, 0.15) is 59.8 Å². The van der Waals surface area contributed by atoms with E-state index in [-0.39, 0.29) is 5.54 Å². The zero-order valence-electron chi connectivity index (χ0n) is 13.2. The third kappa shape index (κ3) is 3.71. The molecule has 18 heavy (non-hydrogen) atoms. The fraction of sp³-hybridized carbons (Fsp3) is 1.00. The van der Waals surface area contributed by atoms with Gasteiger partial charge in [0.15, 0.2) is 0 Å². The molecule has 2 N–H and O–H groups in total. The molecular formula is C16H34N2. The van der Waals surface area contributed by atoms with Gasteiger partial charge in [-0.1, -0.05) is 34.1 Å². The van der Waals surface area contributed by atoms with Crippen molar-refractivity contribution < 1.29 is 0 Å². The number of rotatable bonds is 6. The van der Waals surface area contributed by atoms with Crippen LogP contribution in [0.25, 0.3) is 0 Å². The predicted octanol–water partition coefficient (Wildman–Crippen LogP) is 3.51. The standard InChI is InChI=1S/C16H34N2/c1-6-14(4)11-18(5)16(12-17)9-7-15(8-10-16)13(2)3/h13-15H,6-12,17H2,1-5H3. The summed E-state index contributed by atoms with van der Waals surface area (Å²) in [5, 5.41) is 0. The summed E-state index contributed by atoms with van der Waals surface area (Å²) >= 11 is 0. The largest absolute Gasteiger partial charge is 0.329 e. The van der Waals surface area contributed by atoms with Crippen LogP contribution in [-0.2, 0) is 0 Å². The summed E-state index contributed by atoms with van der Waals surface area (Å²) in [5.74, 6) is 2.53. The molecule has 1 aliphatic carbocycles. The van der Waals surface area contributed by atoms with E-state index in [1.165, 1.54) is 38.6 Å². The van der Waals surface area contributed by atoms with Crippen LogP contribution in [0, 0.1) is 17.8 Å². The molecule has 2 nitrogen and oxygen atoms in total. The molecule has 0 aliphatic heterocycles. The minimum Gasteiger partial charge on any atom is -0.329 e. The molecule has 0 aromatic carbocycles. The first kappa shape index (κ1) is 16.0. The first-order valence-electron chi connectivity index (χ1n) is 7.86. The highest BCUT2D eigenvalue weighted by atomic mass is 15.2. The van der Waals surface area contributed by atoms with E-state index in [4.69, 9.17) is 5.73 Å². The Bertz CT molecular complexity index is 229. The van der Waals surface area contributed by atoms with E-state index in [0.717, 1.165) is 24.3 Å². The predicted molar refractivity (Wildman–Crippen MR) is 80.7 cm³/mol. The Morgan fingerprint density at radius 2 is 1.78 bits per heavy atom. The van der Waals surface area contributed by atoms with Gasteiger partial charge in [0.25, 0.3) is 0 Å². The van der Waals surface area contributed by atoms with Crippen LogP contribution < -0.4 is 5.73 Å². The Morgan fingerprint density at radius 1 is 1.22 bits per heavy atom. The van der Waals surface area contributed by atoms with Gasteiger partial charge in [0.2, 0.25) is 0 Å². The van der Waals surface area contributed by atoms with Crippen molar-refractivity contribution in [1.29, 1.82) is 0 Å². The maximum atomic E-state index is 6.14. The first-order valence-corrected chi connectivity index (χ1v) is 7.86. The van der Waals surface area contributed by atoms with Crippen LogP contribution in [0.15, 0.2) is 0 Å². The highest BCUT2D eigenvalue weighted by Gasteiger charge is 2.38. The topological polar surface area (TPSA) is 29.3 Å². The van der Waals surface area contributed by atoms with Crippen molar-refractivity contribution in [3.63, 3.8) is 0 Å². The van der Waals surface area contributed by atoms with Crippen LogP contribution in [0.2, 0.25) is 0 Å². The van der Waals surface area contributed by atoms with E-state index >= 15 is 0 Å². The van der Waals surface area contributed by atoms with Crippen LogP contribution in [0.4, 0.5) is 0 Å². The average molecular weight is 254 g/mol. The maximum Gasteiger partial charge on any atom is 0.0329 e. The average Bonchev–Trinajstić information content (AvgIpc) is 2.38. The number of nitrogens with two attached hydrogens (primary N) is 1. The van der Waals surface area contributed by atoms with E-state index < -0.39 is 0 Å². The summed E-state index contributed by atoms with van der Waals surface area (Å²) in [5.41, 5.74) is 6.42. The zero-order valence-corrected chi connectivity index (χ0v) is 13.2. The Balaban J connectivity index is 2.59. The highest BCUT2D eigenvalue weighted by Crippen LogP contribution is 2.38. The lowest BCUT2D eigenvalue weighted by Gasteiger charge is -2.47. The monoisotopic (exact) mass is 254 g/mol. The second-order valence-corrected chi connectivity index (χ2v) is 6.90. The second-order valence-electron chi connectivity index (χ2n) is 6.90. The van der Waals surface area contributed by atoms with Gasteiger partial charge in [-0.3, -0.25) is 4.90 Å². The molecule has 2 heteroatoms. The van der Waals surface area contributed by atoms with E-state index in [1.807, 2.05) is 0 Å². The van der Waals surface area contributed by atoms with Gasteiger partial charge in [-0.2, -0.15) is 0 Å². The fourth-order valence-electron chi connectivity index (χ4n) is 3.38. The molecule has 108 valence electrons. The van der Waals surface area contributed by atoms with Crippen molar-refractivity contribution in [2.24, 2.45) is 23.5 Å². The molecule has 0 saturated heterocycles. The third-order valence-electron chi connectivity index (χ3n) is 5.38. The van der Waals surface area contributed by atoms with Gasteiger partial charge in [-0.15, -0.1) is 0 Å². The van der Waals surface area contributed by atoms with Crippen LogP contribution in [0.5, 0.6) is 0 Å². The molecule has 1 rings (SSSR count). The van der Waals surface area contributed by atoms with E-state index in [0.29, 0.717) is 0 Å². The van der Waals surface area contributed by atoms with Crippen LogP contribution in [-0.4, -0.2) is 30.6 Å². The highest BCUT2D eigenvalue weighted by molar-refractivity contribution is 4.95. The van der Waals surface area contributed by atoms with Gasteiger partial charge in [0.05, 0.1) is 0 Å². The van der Waals surface area contributed by atoms with E-state index in [1.54, 1.807) is 0 Å². The smallest absolute Gasteiger partial charge is 0.0329 e. The quantitative estimate of drug-likeness (QED) is 0.786. The molecule has 0 heterocycles. The van der Waals surface area contributed by atoms with Gasteiger partial charge >= 0.3 is 0 Å². The number of likely N-dealkylation sites (N-methyl/N-ethyl adjacent to an activating group) is 1. The summed E-state index contributed by atoms with van der Waals surface area (Å²) in [6, 6.07) is 0. The fourth-order valence-corrected chi connectivity index (χ4v) is 3.38. The summed E-state index contributed by atoms with van der Waals surface area (Å²) in [6.45, 7) is 11.4. The first-order chi connectivity index (χ1) is 8.45. The normalized spacial score (nSPS) is 31.0. The van der Waals surface area contributed by atoms with Gasteiger partial charge < -0.3 is 5.73 Å². The molecule has 1 aliphatic rings. The molecule has 1 fully saturated rings. The molecule has 1 unspecified atom stereocenters. The summed E-state index contributed by atoms with van der Waals surface area (Å²) < 4.78 is 0. The van der Waals surface area contributed by atoms with Gasteiger partial charge in [-0.05, 0) is 50.5 Å². The number of hydrogen-bond acceptors (Lipinski definition) is 2. The molecule has 0 aromatic heterocycles. The second kappa shape index (κ2) is 6.91.